The molecule has 1 unspecified atom stereocenters. The van der Waals surface area contributed by atoms with E-state index in [2.05, 4.69) is 15.5 Å². The maximum absolute atomic E-state index is 5.50. The number of furan rings is 1. The van der Waals surface area contributed by atoms with Crippen molar-refractivity contribution >= 4 is 5.96 Å². The second-order valence-electron chi connectivity index (χ2n) is 8.57. The van der Waals surface area contributed by atoms with Gasteiger partial charge in [-0.05, 0) is 44.2 Å². The van der Waals surface area contributed by atoms with Gasteiger partial charge < -0.3 is 24.7 Å². The fourth-order valence-electron chi connectivity index (χ4n) is 4.73. The number of ether oxygens (including phenoxy) is 1. The molecule has 1 aromatic rings. The van der Waals surface area contributed by atoms with Gasteiger partial charge in [-0.15, -0.1) is 0 Å². The summed E-state index contributed by atoms with van der Waals surface area (Å²) in [6.07, 6.45) is 11.8. The Morgan fingerprint density at radius 1 is 1.14 bits per heavy atom. The molecule has 0 bridgehead atoms. The molecule has 28 heavy (non-hydrogen) atoms. The third kappa shape index (κ3) is 5.74. The van der Waals surface area contributed by atoms with Crippen molar-refractivity contribution < 1.29 is 9.15 Å². The van der Waals surface area contributed by atoms with Crippen molar-refractivity contribution in [3.63, 3.8) is 0 Å². The van der Waals surface area contributed by atoms with Crippen LogP contribution in [0.3, 0.4) is 0 Å². The minimum absolute atomic E-state index is 0.521. The Labute approximate surface area is 169 Å². The quantitative estimate of drug-likeness (QED) is 0.556. The molecule has 3 heterocycles. The van der Waals surface area contributed by atoms with Gasteiger partial charge >= 0.3 is 0 Å². The summed E-state index contributed by atoms with van der Waals surface area (Å²) in [4.78, 5) is 7.61. The number of rotatable bonds is 7. The van der Waals surface area contributed by atoms with Gasteiger partial charge in [-0.1, -0.05) is 12.8 Å². The Balaban J connectivity index is 1.26. The minimum Gasteiger partial charge on any atom is -0.469 e. The van der Waals surface area contributed by atoms with E-state index >= 15 is 0 Å². The van der Waals surface area contributed by atoms with Crippen LogP contribution in [0.1, 0.15) is 50.7 Å². The smallest absolute Gasteiger partial charge is 0.191 e. The number of nitrogens with one attached hydrogen (secondary N) is 2. The molecule has 6 heteroatoms. The number of likely N-dealkylation sites (tertiary alicyclic amines) is 1. The molecule has 1 aliphatic carbocycles. The van der Waals surface area contributed by atoms with Crippen molar-refractivity contribution in [1.29, 1.82) is 0 Å². The molecule has 0 radical (unpaired) electrons. The monoisotopic (exact) mass is 388 g/mol. The predicted octanol–water partition coefficient (Wildman–Crippen LogP) is 2.80. The molecule has 2 N–H and O–H groups in total. The zero-order valence-corrected chi connectivity index (χ0v) is 17.1. The first-order valence-corrected chi connectivity index (χ1v) is 11.3. The van der Waals surface area contributed by atoms with Crippen molar-refractivity contribution in [1.82, 2.24) is 15.5 Å². The van der Waals surface area contributed by atoms with Crippen molar-refractivity contribution in [2.24, 2.45) is 10.9 Å². The predicted molar refractivity (Wildman–Crippen MR) is 112 cm³/mol. The van der Waals surface area contributed by atoms with Crippen LogP contribution in [-0.2, 0) is 11.2 Å². The van der Waals surface area contributed by atoms with E-state index in [9.17, 15) is 0 Å². The molecular formula is C22H36N4O2. The van der Waals surface area contributed by atoms with Crippen LogP contribution < -0.4 is 10.6 Å². The lowest BCUT2D eigenvalue weighted by Gasteiger charge is -2.36. The second kappa shape index (κ2) is 10.3. The van der Waals surface area contributed by atoms with Crippen molar-refractivity contribution in [2.45, 2.75) is 63.5 Å². The first kappa shape index (κ1) is 19.8. The lowest BCUT2D eigenvalue weighted by atomic mass is 10.0. The largest absolute Gasteiger partial charge is 0.469 e. The van der Waals surface area contributed by atoms with Gasteiger partial charge in [0.1, 0.15) is 5.76 Å². The van der Waals surface area contributed by atoms with Crippen LogP contribution in [-0.4, -0.2) is 62.3 Å². The van der Waals surface area contributed by atoms with E-state index in [0.29, 0.717) is 12.0 Å². The lowest BCUT2D eigenvalue weighted by Crippen LogP contribution is -2.50. The molecule has 156 valence electrons. The molecule has 1 saturated carbocycles. The highest BCUT2D eigenvalue weighted by atomic mass is 16.5. The molecule has 3 fully saturated rings. The van der Waals surface area contributed by atoms with Crippen molar-refractivity contribution in [3.05, 3.63) is 24.2 Å². The zero-order valence-electron chi connectivity index (χ0n) is 17.1. The third-order valence-electron chi connectivity index (χ3n) is 6.49. The van der Waals surface area contributed by atoms with E-state index < -0.39 is 0 Å². The van der Waals surface area contributed by atoms with Crippen LogP contribution in [0, 0.1) is 5.92 Å². The molecule has 0 spiro atoms. The first-order valence-electron chi connectivity index (χ1n) is 11.3. The number of aliphatic imine (C=N–C) groups is 1. The Morgan fingerprint density at radius 3 is 2.71 bits per heavy atom. The highest BCUT2D eigenvalue weighted by Crippen LogP contribution is 2.26. The van der Waals surface area contributed by atoms with Gasteiger partial charge in [0.15, 0.2) is 5.96 Å². The van der Waals surface area contributed by atoms with Crippen LogP contribution in [0.25, 0.3) is 0 Å². The average Bonchev–Trinajstić information content (AvgIpc) is 3.50. The summed E-state index contributed by atoms with van der Waals surface area (Å²) in [6.45, 7) is 5.85. The van der Waals surface area contributed by atoms with Gasteiger partial charge in [-0.2, -0.15) is 0 Å². The SMILES string of the molecule is c1coc(CCNC(=NCC2CCOC2)NC2CCN(C3CCCC3)CC2)c1. The number of hydrogen-bond donors (Lipinski definition) is 2. The third-order valence-corrected chi connectivity index (χ3v) is 6.49. The van der Waals surface area contributed by atoms with Crippen LogP contribution >= 0.6 is 0 Å². The summed E-state index contributed by atoms with van der Waals surface area (Å²) in [5.74, 6) is 2.53. The van der Waals surface area contributed by atoms with Gasteiger partial charge in [0.2, 0.25) is 0 Å². The molecule has 3 aliphatic rings. The zero-order chi connectivity index (χ0) is 19.0. The Morgan fingerprint density at radius 2 is 2.00 bits per heavy atom. The Kier molecular flexibility index (Phi) is 7.28. The van der Waals surface area contributed by atoms with E-state index in [0.717, 1.165) is 56.9 Å². The van der Waals surface area contributed by atoms with Gasteiger partial charge in [0, 0.05) is 57.2 Å². The van der Waals surface area contributed by atoms with Crippen LogP contribution in [0.15, 0.2) is 27.8 Å². The summed E-state index contributed by atoms with van der Waals surface area (Å²) in [6, 6.07) is 5.34. The fraction of sp³-hybridized carbons (Fsp3) is 0.773. The van der Waals surface area contributed by atoms with Crippen molar-refractivity contribution in [3.8, 4) is 0 Å². The Hall–Kier alpha value is -1.53. The molecule has 6 nitrogen and oxygen atoms in total. The fourth-order valence-corrected chi connectivity index (χ4v) is 4.73. The lowest BCUT2D eigenvalue weighted by molar-refractivity contribution is 0.150. The normalized spacial score (nSPS) is 25.4. The molecule has 1 atom stereocenters. The number of guanidine groups is 1. The van der Waals surface area contributed by atoms with Gasteiger partial charge in [-0.3, -0.25) is 4.99 Å². The molecule has 0 amide bonds. The summed E-state index contributed by atoms with van der Waals surface area (Å²) in [5.41, 5.74) is 0. The summed E-state index contributed by atoms with van der Waals surface area (Å²) in [7, 11) is 0. The van der Waals surface area contributed by atoms with Gasteiger partial charge in [0.05, 0.1) is 12.9 Å². The second-order valence-corrected chi connectivity index (χ2v) is 8.57. The van der Waals surface area contributed by atoms with E-state index in [-0.39, 0.29) is 0 Å². The molecule has 4 rings (SSSR count). The molecule has 2 saturated heterocycles. The van der Waals surface area contributed by atoms with E-state index in [1.165, 1.54) is 51.6 Å². The number of piperidine rings is 1. The van der Waals surface area contributed by atoms with E-state index in [1.54, 1.807) is 6.26 Å². The van der Waals surface area contributed by atoms with E-state index in [4.69, 9.17) is 14.1 Å². The van der Waals surface area contributed by atoms with Crippen LogP contribution in [0.2, 0.25) is 0 Å². The first-order chi connectivity index (χ1) is 13.9. The van der Waals surface area contributed by atoms with Crippen LogP contribution in [0.5, 0.6) is 0 Å². The molecule has 0 aromatic carbocycles. The average molecular weight is 389 g/mol. The van der Waals surface area contributed by atoms with Crippen molar-refractivity contribution in [2.75, 3.05) is 39.4 Å². The topological polar surface area (TPSA) is 62.0 Å². The molecule has 2 aliphatic heterocycles. The van der Waals surface area contributed by atoms with Crippen LogP contribution in [0.4, 0.5) is 0 Å². The molecule has 1 aromatic heterocycles. The number of nitrogens with zero attached hydrogens (tertiary/aromatic N) is 2. The minimum atomic E-state index is 0.521. The maximum Gasteiger partial charge on any atom is 0.191 e. The maximum atomic E-state index is 5.50. The highest BCUT2D eigenvalue weighted by Gasteiger charge is 2.27. The number of hydrogen-bond acceptors (Lipinski definition) is 4. The molecular weight excluding hydrogens is 352 g/mol. The summed E-state index contributed by atoms with van der Waals surface area (Å²) < 4.78 is 10.9. The Bertz CT molecular complexity index is 584. The summed E-state index contributed by atoms with van der Waals surface area (Å²) >= 11 is 0. The highest BCUT2D eigenvalue weighted by molar-refractivity contribution is 5.80. The van der Waals surface area contributed by atoms with E-state index in [1.807, 2.05) is 12.1 Å². The van der Waals surface area contributed by atoms with Gasteiger partial charge in [0.25, 0.3) is 0 Å². The van der Waals surface area contributed by atoms with Gasteiger partial charge in [-0.25, -0.2) is 0 Å². The summed E-state index contributed by atoms with van der Waals surface area (Å²) in [5, 5.41) is 7.23. The standard InChI is InChI=1S/C22H36N4O2/c1-2-5-20(4-1)26-12-8-19(9-13-26)25-22(24-16-18-10-15-27-17-18)23-11-7-21-6-3-14-28-21/h3,6,14,18-20H,1-2,4-5,7-13,15-17H2,(H2,23,24,25).